The highest BCUT2D eigenvalue weighted by Gasteiger charge is 2.18. The van der Waals surface area contributed by atoms with Crippen LogP contribution in [0.15, 0.2) is 29.2 Å². The number of carbonyl (C=O) groups excluding carboxylic acids is 1. The van der Waals surface area contributed by atoms with Crippen molar-refractivity contribution in [2.75, 3.05) is 5.88 Å². The Bertz CT molecular complexity index is 495. The molecule has 1 aromatic rings. The summed E-state index contributed by atoms with van der Waals surface area (Å²) in [5, 5.41) is 0. The van der Waals surface area contributed by atoms with Crippen LogP contribution >= 0.6 is 11.6 Å². The summed E-state index contributed by atoms with van der Waals surface area (Å²) in [5.41, 5.74) is 0.910. The molecule has 0 spiro atoms. The Kier molecular flexibility index (Phi) is 5.58. The fourth-order valence-electron chi connectivity index (χ4n) is 1.08. The molecule has 7 heteroatoms. The Labute approximate surface area is 111 Å². The highest BCUT2D eigenvalue weighted by atomic mass is 35.5. The molecule has 0 heterocycles. The van der Waals surface area contributed by atoms with Crippen molar-refractivity contribution >= 4 is 27.7 Å². The van der Waals surface area contributed by atoms with Crippen molar-refractivity contribution in [3.8, 4) is 0 Å². The summed E-state index contributed by atoms with van der Waals surface area (Å²) >= 11 is 5.38. The topological polar surface area (TPSA) is 69.7 Å². The lowest BCUT2D eigenvalue weighted by molar-refractivity contribution is -0.211. The van der Waals surface area contributed by atoms with Gasteiger partial charge in [0.05, 0.1) is 11.3 Å². The molecule has 0 N–H and O–H groups in total. The molecular formula is C11H13ClO5S. The van der Waals surface area contributed by atoms with Gasteiger partial charge < -0.3 is 0 Å². The monoisotopic (exact) mass is 292 g/mol. The van der Waals surface area contributed by atoms with Gasteiger partial charge in [0.1, 0.15) is 0 Å². The molecule has 0 aliphatic heterocycles. The Balaban J connectivity index is 2.60. The third kappa shape index (κ3) is 4.64. The molecule has 0 bridgehead atoms. The Morgan fingerprint density at radius 1 is 1.28 bits per heavy atom. The van der Waals surface area contributed by atoms with Crippen LogP contribution in [0.2, 0.25) is 0 Å². The minimum absolute atomic E-state index is 0.00686. The summed E-state index contributed by atoms with van der Waals surface area (Å²) < 4.78 is 27.4. The van der Waals surface area contributed by atoms with Gasteiger partial charge >= 0.3 is 16.1 Å². The summed E-state index contributed by atoms with van der Waals surface area (Å²) in [5.74, 6) is -0.480. The van der Waals surface area contributed by atoms with E-state index in [1.165, 1.54) is 12.1 Å². The predicted molar refractivity (Wildman–Crippen MR) is 65.5 cm³/mol. The summed E-state index contributed by atoms with van der Waals surface area (Å²) in [6.07, 6.45) is 0.404. The first-order chi connectivity index (χ1) is 8.45. The number of aryl methyl sites for hydroxylation is 1. The lowest BCUT2D eigenvalue weighted by Gasteiger charge is -2.04. The minimum atomic E-state index is -4.07. The first kappa shape index (κ1) is 14.9. The molecule has 0 radical (unpaired) electrons. The van der Waals surface area contributed by atoms with E-state index < -0.39 is 16.1 Å². The zero-order valence-electron chi connectivity index (χ0n) is 9.76. The van der Waals surface area contributed by atoms with Crippen molar-refractivity contribution in [2.45, 2.75) is 24.7 Å². The van der Waals surface area contributed by atoms with Crippen LogP contribution in [-0.4, -0.2) is 20.3 Å². The van der Waals surface area contributed by atoms with Crippen LogP contribution in [0.3, 0.4) is 0 Å². The molecule has 100 valence electrons. The molecule has 0 atom stereocenters. The van der Waals surface area contributed by atoms with E-state index in [9.17, 15) is 13.2 Å². The maximum absolute atomic E-state index is 11.6. The molecule has 1 aromatic carbocycles. The molecule has 0 unspecified atom stereocenters. The lowest BCUT2D eigenvalue weighted by Crippen LogP contribution is -2.12. The quantitative estimate of drug-likeness (QED) is 0.456. The molecule has 0 saturated carbocycles. The molecular weight excluding hydrogens is 280 g/mol. The van der Waals surface area contributed by atoms with Crippen LogP contribution in [0.25, 0.3) is 0 Å². The number of hydrogen-bond acceptors (Lipinski definition) is 5. The maximum atomic E-state index is 11.6. The average Bonchev–Trinajstić information content (AvgIpc) is 2.34. The van der Waals surface area contributed by atoms with E-state index in [2.05, 4.69) is 9.22 Å². The summed E-state index contributed by atoms with van der Waals surface area (Å²) in [7, 11) is -4.07. The largest absolute Gasteiger partial charge is 0.344 e. The Hall–Kier alpha value is -1.11. The molecule has 1 rings (SSSR count). The average molecular weight is 293 g/mol. The molecule has 0 aromatic heterocycles. The van der Waals surface area contributed by atoms with Gasteiger partial charge in [0.2, 0.25) is 0 Å². The number of rotatable bonds is 6. The number of halogens is 1. The van der Waals surface area contributed by atoms with Crippen LogP contribution < -0.4 is 0 Å². The lowest BCUT2D eigenvalue weighted by atomic mass is 10.2. The van der Waals surface area contributed by atoms with Crippen LogP contribution in [0.1, 0.15) is 18.4 Å². The SMILES string of the molecule is Cc1ccc(S(=O)(=O)OOC(=O)CCCCl)cc1. The summed E-state index contributed by atoms with van der Waals surface area (Å²) in [6.45, 7) is 1.82. The van der Waals surface area contributed by atoms with Gasteiger partial charge in [-0.3, -0.25) is 4.89 Å². The van der Waals surface area contributed by atoms with Gasteiger partial charge in [0.25, 0.3) is 0 Å². The summed E-state index contributed by atoms with van der Waals surface area (Å²) in [4.78, 5) is 15.2. The second-order valence-electron chi connectivity index (χ2n) is 3.58. The second-order valence-corrected chi connectivity index (χ2v) is 5.48. The Morgan fingerprint density at radius 2 is 1.89 bits per heavy atom. The first-order valence-electron chi connectivity index (χ1n) is 5.22. The van der Waals surface area contributed by atoms with Gasteiger partial charge in [0, 0.05) is 5.88 Å². The molecule has 0 amide bonds. The molecule has 0 aliphatic carbocycles. The zero-order chi connectivity index (χ0) is 13.6. The van der Waals surface area contributed by atoms with E-state index in [1.54, 1.807) is 12.1 Å². The third-order valence-electron chi connectivity index (χ3n) is 2.04. The van der Waals surface area contributed by atoms with Crippen molar-refractivity contribution in [1.82, 2.24) is 0 Å². The van der Waals surface area contributed by atoms with E-state index >= 15 is 0 Å². The van der Waals surface area contributed by atoms with Crippen molar-refractivity contribution in [3.63, 3.8) is 0 Å². The smallest absolute Gasteiger partial charge is 0.281 e. The van der Waals surface area contributed by atoms with Gasteiger partial charge in [-0.05, 0) is 29.8 Å². The molecule has 18 heavy (non-hydrogen) atoms. The zero-order valence-corrected chi connectivity index (χ0v) is 11.3. The third-order valence-corrected chi connectivity index (χ3v) is 3.40. The van der Waals surface area contributed by atoms with Gasteiger partial charge in [0.15, 0.2) is 0 Å². The van der Waals surface area contributed by atoms with Crippen molar-refractivity contribution in [1.29, 1.82) is 0 Å². The van der Waals surface area contributed by atoms with Crippen LogP contribution in [-0.2, 0) is 24.1 Å². The predicted octanol–water partition coefficient (Wildman–Crippen LogP) is 2.18. The van der Waals surface area contributed by atoms with Crippen molar-refractivity contribution in [2.24, 2.45) is 0 Å². The second kappa shape index (κ2) is 6.72. The fourth-order valence-corrected chi connectivity index (χ4v) is 1.93. The van der Waals surface area contributed by atoms with E-state index in [1.807, 2.05) is 6.92 Å². The number of alkyl halides is 1. The van der Waals surface area contributed by atoms with Crippen molar-refractivity contribution in [3.05, 3.63) is 29.8 Å². The Morgan fingerprint density at radius 3 is 2.44 bits per heavy atom. The van der Waals surface area contributed by atoms with E-state index in [4.69, 9.17) is 11.6 Å². The maximum Gasteiger partial charge on any atom is 0.344 e. The van der Waals surface area contributed by atoms with Gasteiger partial charge in [-0.2, -0.15) is 8.42 Å². The van der Waals surface area contributed by atoms with Crippen molar-refractivity contribution < 1.29 is 22.4 Å². The minimum Gasteiger partial charge on any atom is -0.281 e. The molecule has 0 aliphatic rings. The van der Waals surface area contributed by atoms with E-state index in [-0.39, 0.29) is 11.3 Å². The summed E-state index contributed by atoms with van der Waals surface area (Å²) in [6, 6.07) is 5.98. The highest BCUT2D eigenvalue weighted by molar-refractivity contribution is 7.86. The first-order valence-corrected chi connectivity index (χ1v) is 7.16. The van der Waals surface area contributed by atoms with Crippen LogP contribution in [0, 0.1) is 6.92 Å². The van der Waals surface area contributed by atoms with Crippen LogP contribution in [0.4, 0.5) is 0 Å². The van der Waals surface area contributed by atoms with E-state index in [0.29, 0.717) is 12.3 Å². The van der Waals surface area contributed by atoms with Crippen LogP contribution in [0.5, 0.6) is 0 Å². The number of carbonyl (C=O) groups is 1. The van der Waals surface area contributed by atoms with Gasteiger partial charge in [-0.25, -0.2) is 4.79 Å². The highest BCUT2D eigenvalue weighted by Crippen LogP contribution is 2.13. The van der Waals surface area contributed by atoms with Gasteiger partial charge in [-0.1, -0.05) is 17.7 Å². The molecule has 0 saturated heterocycles. The van der Waals surface area contributed by atoms with Gasteiger partial charge in [-0.15, -0.1) is 11.6 Å². The molecule has 5 nitrogen and oxygen atoms in total. The standard InChI is InChI=1S/C11H13ClO5S/c1-9-4-6-10(7-5-9)18(14,15)17-16-11(13)3-2-8-12/h4-7H,2-3,8H2,1H3. The fraction of sp³-hybridized carbons (Fsp3) is 0.364. The van der Waals surface area contributed by atoms with E-state index in [0.717, 1.165) is 5.56 Å². The number of benzene rings is 1. The number of hydrogen-bond donors (Lipinski definition) is 0. The normalized spacial score (nSPS) is 11.2. The molecule has 0 fully saturated rings.